The lowest BCUT2D eigenvalue weighted by atomic mass is 10.2. The van der Waals surface area contributed by atoms with Crippen LogP contribution in [0.25, 0.3) is 0 Å². The molecular weight excluding hydrogens is 318 g/mol. The smallest absolute Gasteiger partial charge is 0.261 e. The highest BCUT2D eigenvalue weighted by Crippen LogP contribution is 2.27. The molecule has 0 saturated heterocycles. The first-order chi connectivity index (χ1) is 12.1. The molecule has 2 rings (SSSR count). The molecule has 0 saturated carbocycles. The highest BCUT2D eigenvalue weighted by atomic mass is 16.5. The van der Waals surface area contributed by atoms with Gasteiger partial charge < -0.3 is 19.5 Å². The van der Waals surface area contributed by atoms with E-state index in [1.165, 1.54) is 5.56 Å². The highest BCUT2D eigenvalue weighted by molar-refractivity contribution is 5.81. The maximum atomic E-state index is 12.3. The van der Waals surface area contributed by atoms with E-state index < -0.39 is 6.10 Å². The first kappa shape index (κ1) is 18.6. The van der Waals surface area contributed by atoms with Crippen LogP contribution in [0.15, 0.2) is 48.5 Å². The molecule has 0 fully saturated rings. The SMILES string of the molecule is CC[C@@H](Oc1ccccc1OC)C(=O)NCCOc1ccc(C)cc1. The van der Waals surface area contributed by atoms with Crippen LogP contribution in [0.4, 0.5) is 0 Å². The van der Waals surface area contributed by atoms with Crippen LogP contribution in [0, 0.1) is 6.92 Å². The van der Waals surface area contributed by atoms with Crippen LogP contribution in [0.1, 0.15) is 18.9 Å². The Labute approximate surface area is 148 Å². The fourth-order valence-corrected chi connectivity index (χ4v) is 2.28. The molecule has 0 spiro atoms. The zero-order chi connectivity index (χ0) is 18.1. The van der Waals surface area contributed by atoms with Gasteiger partial charge in [0, 0.05) is 0 Å². The van der Waals surface area contributed by atoms with E-state index >= 15 is 0 Å². The number of nitrogens with one attached hydrogen (secondary N) is 1. The Kier molecular flexibility index (Phi) is 7.14. The molecule has 0 radical (unpaired) electrons. The number of hydrogen-bond acceptors (Lipinski definition) is 4. The second-order valence-electron chi connectivity index (χ2n) is 5.62. The molecule has 0 unspecified atom stereocenters. The Morgan fingerprint density at radius 1 is 1.08 bits per heavy atom. The molecule has 134 valence electrons. The second kappa shape index (κ2) is 9.57. The predicted molar refractivity (Wildman–Crippen MR) is 97.4 cm³/mol. The summed E-state index contributed by atoms with van der Waals surface area (Å²) in [5, 5.41) is 2.84. The zero-order valence-electron chi connectivity index (χ0n) is 15.0. The third kappa shape index (κ3) is 5.71. The topological polar surface area (TPSA) is 56.8 Å². The summed E-state index contributed by atoms with van der Waals surface area (Å²) in [7, 11) is 1.58. The van der Waals surface area contributed by atoms with E-state index in [9.17, 15) is 4.79 Å². The van der Waals surface area contributed by atoms with Crippen molar-refractivity contribution < 1.29 is 19.0 Å². The molecule has 2 aromatic rings. The normalized spacial score (nSPS) is 11.5. The Bertz CT molecular complexity index is 670. The van der Waals surface area contributed by atoms with Gasteiger partial charge in [-0.15, -0.1) is 0 Å². The first-order valence-electron chi connectivity index (χ1n) is 8.41. The lowest BCUT2D eigenvalue weighted by molar-refractivity contribution is -0.128. The number of para-hydroxylation sites is 2. The van der Waals surface area contributed by atoms with Gasteiger partial charge in [-0.25, -0.2) is 0 Å². The molecule has 5 heteroatoms. The second-order valence-corrected chi connectivity index (χ2v) is 5.62. The summed E-state index contributed by atoms with van der Waals surface area (Å²) in [6, 6.07) is 15.1. The predicted octanol–water partition coefficient (Wildman–Crippen LogP) is 3.36. The third-order valence-corrected chi connectivity index (χ3v) is 3.69. The maximum absolute atomic E-state index is 12.3. The molecule has 0 heterocycles. The molecule has 5 nitrogen and oxygen atoms in total. The Morgan fingerprint density at radius 3 is 2.40 bits per heavy atom. The van der Waals surface area contributed by atoms with E-state index in [0.29, 0.717) is 31.1 Å². The van der Waals surface area contributed by atoms with Gasteiger partial charge in [0.2, 0.25) is 0 Å². The van der Waals surface area contributed by atoms with Crippen molar-refractivity contribution in [3.8, 4) is 17.2 Å². The average molecular weight is 343 g/mol. The fraction of sp³-hybridized carbons (Fsp3) is 0.350. The van der Waals surface area contributed by atoms with E-state index in [1.54, 1.807) is 19.2 Å². The van der Waals surface area contributed by atoms with Gasteiger partial charge in [0.15, 0.2) is 17.6 Å². The maximum Gasteiger partial charge on any atom is 0.261 e. The molecule has 0 aliphatic carbocycles. The van der Waals surface area contributed by atoms with Crippen LogP contribution in [-0.4, -0.2) is 32.3 Å². The molecule has 1 amide bonds. The van der Waals surface area contributed by atoms with E-state index in [-0.39, 0.29) is 5.91 Å². The summed E-state index contributed by atoms with van der Waals surface area (Å²) in [4.78, 5) is 12.3. The van der Waals surface area contributed by atoms with Crippen molar-refractivity contribution in [1.29, 1.82) is 0 Å². The number of rotatable bonds is 9. The van der Waals surface area contributed by atoms with Crippen LogP contribution < -0.4 is 19.5 Å². The Balaban J connectivity index is 1.80. The molecular formula is C20H25NO4. The third-order valence-electron chi connectivity index (χ3n) is 3.69. The van der Waals surface area contributed by atoms with Gasteiger partial charge in [-0.05, 0) is 37.6 Å². The average Bonchev–Trinajstić information content (AvgIpc) is 2.64. The Morgan fingerprint density at radius 2 is 1.76 bits per heavy atom. The minimum absolute atomic E-state index is 0.166. The Hall–Kier alpha value is -2.69. The number of benzene rings is 2. The highest BCUT2D eigenvalue weighted by Gasteiger charge is 2.19. The van der Waals surface area contributed by atoms with Crippen LogP contribution in [-0.2, 0) is 4.79 Å². The summed E-state index contributed by atoms with van der Waals surface area (Å²) >= 11 is 0. The lowest BCUT2D eigenvalue weighted by Crippen LogP contribution is -2.39. The number of aryl methyl sites for hydroxylation is 1. The summed E-state index contributed by atoms with van der Waals surface area (Å²) in [6.45, 7) is 4.75. The van der Waals surface area contributed by atoms with E-state index in [0.717, 1.165) is 5.75 Å². The zero-order valence-corrected chi connectivity index (χ0v) is 15.0. The van der Waals surface area contributed by atoms with Crippen LogP contribution in [0.5, 0.6) is 17.2 Å². The summed E-state index contributed by atoms with van der Waals surface area (Å²) in [5.41, 5.74) is 1.18. The summed E-state index contributed by atoms with van der Waals surface area (Å²) in [6.07, 6.45) is -0.0152. The van der Waals surface area contributed by atoms with Crippen molar-refractivity contribution >= 4 is 5.91 Å². The number of amides is 1. The lowest BCUT2D eigenvalue weighted by Gasteiger charge is -2.19. The van der Waals surface area contributed by atoms with Crippen LogP contribution in [0.3, 0.4) is 0 Å². The molecule has 25 heavy (non-hydrogen) atoms. The largest absolute Gasteiger partial charge is 0.493 e. The van der Waals surface area contributed by atoms with Gasteiger partial charge >= 0.3 is 0 Å². The van der Waals surface area contributed by atoms with E-state index in [2.05, 4.69) is 5.32 Å². The monoisotopic (exact) mass is 343 g/mol. The minimum Gasteiger partial charge on any atom is -0.493 e. The molecule has 1 N–H and O–H groups in total. The van der Waals surface area contributed by atoms with Gasteiger partial charge in [0.1, 0.15) is 12.4 Å². The van der Waals surface area contributed by atoms with Crippen molar-refractivity contribution in [3.05, 3.63) is 54.1 Å². The van der Waals surface area contributed by atoms with Crippen molar-refractivity contribution in [2.45, 2.75) is 26.4 Å². The molecule has 0 aliphatic rings. The quantitative estimate of drug-likeness (QED) is 0.710. The van der Waals surface area contributed by atoms with Crippen LogP contribution >= 0.6 is 0 Å². The fourth-order valence-electron chi connectivity index (χ4n) is 2.28. The van der Waals surface area contributed by atoms with Crippen LogP contribution in [0.2, 0.25) is 0 Å². The number of ether oxygens (including phenoxy) is 3. The molecule has 0 aromatic heterocycles. The number of hydrogen-bond donors (Lipinski definition) is 1. The summed E-state index contributed by atoms with van der Waals surface area (Å²) < 4.78 is 16.7. The molecule has 2 aromatic carbocycles. The summed E-state index contributed by atoms with van der Waals surface area (Å²) in [5.74, 6) is 1.79. The van der Waals surface area contributed by atoms with Crippen molar-refractivity contribution in [3.63, 3.8) is 0 Å². The standard InChI is InChI=1S/C20H25NO4/c1-4-17(25-19-8-6-5-7-18(19)23-3)20(22)21-13-14-24-16-11-9-15(2)10-12-16/h5-12,17H,4,13-14H2,1-3H3,(H,21,22)/t17-/m1/s1. The first-order valence-corrected chi connectivity index (χ1v) is 8.41. The van der Waals surface area contributed by atoms with E-state index in [4.69, 9.17) is 14.2 Å². The van der Waals surface area contributed by atoms with Crippen molar-refractivity contribution in [2.75, 3.05) is 20.3 Å². The molecule has 0 aliphatic heterocycles. The van der Waals surface area contributed by atoms with Gasteiger partial charge in [-0.2, -0.15) is 0 Å². The molecule has 0 bridgehead atoms. The van der Waals surface area contributed by atoms with Crippen molar-refractivity contribution in [1.82, 2.24) is 5.32 Å². The van der Waals surface area contributed by atoms with Crippen molar-refractivity contribution in [2.24, 2.45) is 0 Å². The van der Waals surface area contributed by atoms with E-state index in [1.807, 2.05) is 50.2 Å². The van der Waals surface area contributed by atoms with Gasteiger partial charge in [0.25, 0.3) is 5.91 Å². The number of methoxy groups -OCH3 is 1. The minimum atomic E-state index is -0.573. The van der Waals surface area contributed by atoms with Gasteiger partial charge in [-0.1, -0.05) is 36.8 Å². The van der Waals surface area contributed by atoms with Gasteiger partial charge in [0.05, 0.1) is 13.7 Å². The van der Waals surface area contributed by atoms with Gasteiger partial charge in [-0.3, -0.25) is 4.79 Å². The number of carbonyl (C=O) groups excluding carboxylic acids is 1. The number of carbonyl (C=O) groups is 1. The molecule has 1 atom stereocenters.